The first-order chi connectivity index (χ1) is 11.5. The zero-order valence-corrected chi connectivity index (χ0v) is 14.1. The van der Waals surface area contributed by atoms with Gasteiger partial charge in [-0.2, -0.15) is 0 Å². The maximum Gasteiger partial charge on any atom is 0.335 e. The SMILES string of the molecule is COc1ccc([C@@H]2S[C@H](C)C(=O)N2c2cccc(C(=O)O)c2)cc1. The number of carboxylic acid groups (broad SMARTS) is 1. The van der Waals surface area contributed by atoms with Crippen LogP contribution in [-0.2, 0) is 4.79 Å². The van der Waals surface area contributed by atoms with E-state index in [1.807, 2.05) is 31.2 Å². The van der Waals surface area contributed by atoms with E-state index in [9.17, 15) is 14.7 Å². The van der Waals surface area contributed by atoms with Crippen molar-refractivity contribution in [1.29, 1.82) is 0 Å². The molecule has 6 heteroatoms. The molecule has 0 saturated carbocycles. The van der Waals surface area contributed by atoms with Gasteiger partial charge < -0.3 is 9.84 Å². The van der Waals surface area contributed by atoms with Crippen LogP contribution >= 0.6 is 11.8 Å². The second-order valence-electron chi connectivity index (χ2n) is 5.47. The van der Waals surface area contributed by atoms with E-state index < -0.39 is 5.97 Å². The van der Waals surface area contributed by atoms with Gasteiger partial charge in [0.1, 0.15) is 11.1 Å². The maximum atomic E-state index is 12.6. The minimum absolute atomic E-state index is 0.0247. The van der Waals surface area contributed by atoms with Crippen LogP contribution in [0, 0.1) is 0 Å². The third kappa shape index (κ3) is 2.97. The third-order valence-electron chi connectivity index (χ3n) is 3.92. The summed E-state index contributed by atoms with van der Waals surface area (Å²) in [5, 5.41) is 8.81. The number of amides is 1. The first-order valence-electron chi connectivity index (χ1n) is 7.47. The fourth-order valence-electron chi connectivity index (χ4n) is 2.67. The molecule has 1 fully saturated rings. The van der Waals surface area contributed by atoms with Crippen LogP contribution in [0.25, 0.3) is 0 Å². The van der Waals surface area contributed by atoms with Gasteiger partial charge in [0.05, 0.1) is 17.9 Å². The monoisotopic (exact) mass is 343 g/mol. The first kappa shape index (κ1) is 16.4. The summed E-state index contributed by atoms with van der Waals surface area (Å²) in [7, 11) is 1.61. The van der Waals surface area contributed by atoms with Gasteiger partial charge in [-0.25, -0.2) is 4.79 Å². The number of ether oxygens (including phenoxy) is 1. The minimum atomic E-state index is -1.01. The molecule has 0 aromatic heterocycles. The largest absolute Gasteiger partial charge is 0.497 e. The van der Waals surface area contributed by atoms with Gasteiger partial charge in [0.2, 0.25) is 5.91 Å². The average molecular weight is 343 g/mol. The molecule has 5 nitrogen and oxygen atoms in total. The highest BCUT2D eigenvalue weighted by Gasteiger charge is 2.39. The fourth-order valence-corrected chi connectivity index (χ4v) is 3.95. The van der Waals surface area contributed by atoms with E-state index in [4.69, 9.17) is 4.74 Å². The third-order valence-corrected chi connectivity index (χ3v) is 5.28. The molecule has 0 spiro atoms. The number of rotatable bonds is 4. The Labute approximate surface area is 144 Å². The lowest BCUT2D eigenvalue weighted by Gasteiger charge is -2.24. The topological polar surface area (TPSA) is 66.8 Å². The van der Waals surface area contributed by atoms with Gasteiger partial charge >= 0.3 is 5.97 Å². The molecule has 3 rings (SSSR count). The van der Waals surface area contributed by atoms with Gasteiger partial charge in [-0.3, -0.25) is 9.69 Å². The number of thioether (sulfide) groups is 1. The molecule has 0 radical (unpaired) electrons. The lowest BCUT2D eigenvalue weighted by Crippen LogP contribution is -2.30. The van der Waals surface area contributed by atoms with E-state index in [1.165, 1.54) is 12.1 Å². The molecule has 0 aliphatic carbocycles. The zero-order valence-electron chi connectivity index (χ0n) is 13.3. The Bertz CT molecular complexity index is 775. The number of anilines is 1. The van der Waals surface area contributed by atoms with Gasteiger partial charge in [0.15, 0.2) is 0 Å². The highest BCUT2D eigenvalue weighted by Crippen LogP contribution is 2.45. The number of nitrogens with zero attached hydrogens (tertiary/aromatic N) is 1. The van der Waals surface area contributed by atoms with Gasteiger partial charge in [-0.1, -0.05) is 18.2 Å². The predicted molar refractivity (Wildman–Crippen MR) is 93.7 cm³/mol. The number of carbonyl (C=O) groups excluding carboxylic acids is 1. The number of methoxy groups -OCH3 is 1. The maximum absolute atomic E-state index is 12.6. The number of hydrogen-bond donors (Lipinski definition) is 1. The Hall–Kier alpha value is -2.47. The lowest BCUT2D eigenvalue weighted by atomic mass is 10.1. The van der Waals surface area contributed by atoms with Crippen molar-refractivity contribution in [2.75, 3.05) is 12.0 Å². The Balaban J connectivity index is 2.00. The second-order valence-corrected chi connectivity index (χ2v) is 6.89. The minimum Gasteiger partial charge on any atom is -0.497 e. The van der Waals surface area contributed by atoms with E-state index in [0.717, 1.165) is 11.3 Å². The van der Waals surface area contributed by atoms with Crippen molar-refractivity contribution in [3.05, 3.63) is 59.7 Å². The molecule has 1 aliphatic heterocycles. The molecule has 2 aromatic carbocycles. The van der Waals surface area contributed by atoms with Crippen LogP contribution in [0.5, 0.6) is 5.75 Å². The fraction of sp³-hybridized carbons (Fsp3) is 0.222. The van der Waals surface area contributed by atoms with Crippen LogP contribution in [0.4, 0.5) is 5.69 Å². The molecule has 1 N–H and O–H groups in total. The molecule has 0 unspecified atom stereocenters. The van der Waals surface area contributed by atoms with Crippen molar-refractivity contribution in [1.82, 2.24) is 0 Å². The number of benzene rings is 2. The van der Waals surface area contributed by atoms with Crippen LogP contribution < -0.4 is 9.64 Å². The van der Waals surface area contributed by atoms with Crippen LogP contribution in [0.2, 0.25) is 0 Å². The average Bonchev–Trinajstić information content (AvgIpc) is 2.90. The highest BCUT2D eigenvalue weighted by molar-refractivity contribution is 8.01. The van der Waals surface area contributed by atoms with Crippen molar-refractivity contribution < 1.29 is 19.4 Å². The van der Waals surface area contributed by atoms with Crippen LogP contribution in [-0.4, -0.2) is 29.3 Å². The van der Waals surface area contributed by atoms with Crippen molar-refractivity contribution in [2.24, 2.45) is 0 Å². The Morgan fingerprint density at radius 2 is 1.92 bits per heavy atom. The quantitative estimate of drug-likeness (QED) is 0.919. The molecule has 0 bridgehead atoms. The molecule has 1 aliphatic rings. The van der Waals surface area contributed by atoms with Crippen molar-refractivity contribution in [3.63, 3.8) is 0 Å². The van der Waals surface area contributed by atoms with Gasteiger partial charge in [0.25, 0.3) is 0 Å². The van der Waals surface area contributed by atoms with Crippen LogP contribution in [0.3, 0.4) is 0 Å². The molecule has 2 aromatic rings. The molecule has 2 atom stereocenters. The number of aromatic carboxylic acids is 1. The molecule has 24 heavy (non-hydrogen) atoms. The summed E-state index contributed by atoms with van der Waals surface area (Å²) in [6.07, 6.45) is 0. The number of hydrogen-bond acceptors (Lipinski definition) is 4. The standard InChI is InChI=1S/C18H17NO4S/c1-11-16(20)19(14-5-3-4-13(10-14)18(21)22)17(24-11)12-6-8-15(23-2)9-7-12/h3-11,17H,1-2H3,(H,21,22)/t11-,17+/m1/s1. The normalized spacial score (nSPS) is 20.2. The Kier molecular flexibility index (Phi) is 4.49. The van der Waals surface area contributed by atoms with Crippen LogP contribution in [0.15, 0.2) is 48.5 Å². The molecule has 1 saturated heterocycles. The predicted octanol–water partition coefficient (Wildman–Crippen LogP) is 3.56. The summed E-state index contributed by atoms with van der Waals surface area (Å²) in [5.74, 6) is -0.283. The summed E-state index contributed by atoms with van der Waals surface area (Å²) >= 11 is 1.55. The molecule has 1 amide bonds. The van der Waals surface area contributed by atoms with Gasteiger partial charge in [0, 0.05) is 5.69 Å². The summed E-state index contributed by atoms with van der Waals surface area (Å²) in [6, 6.07) is 14.0. The lowest BCUT2D eigenvalue weighted by molar-refractivity contribution is -0.117. The van der Waals surface area contributed by atoms with E-state index in [-0.39, 0.29) is 22.1 Å². The Morgan fingerprint density at radius 1 is 1.21 bits per heavy atom. The summed E-state index contributed by atoms with van der Waals surface area (Å²) in [4.78, 5) is 25.5. The van der Waals surface area contributed by atoms with E-state index in [2.05, 4.69) is 0 Å². The first-order valence-corrected chi connectivity index (χ1v) is 8.41. The van der Waals surface area contributed by atoms with Gasteiger partial charge in [-0.05, 0) is 42.8 Å². The highest BCUT2D eigenvalue weighted by atomic mass is 32.2. The van der Waals surface area contributed by atoms with E-state index in [0.29, 0.717) is 5.69 Å². The Morgan fingerprint density at radius 3 is 2.54 bits per heavy atom. The summed E-state index contributed by atoms with van der Waals surface area (Å²) in [6.45, 7) is 1.87. The van der Waals surface area contributed by atoms with Crippen molar-refractivity contribution in [2.45, 2.75) is 17.5 Å². The molecule has 124 valence electrons. The molecule has 1 heterocycles. The summed E-state index contributed by atoms with van der Waals surface area (Å²) < 4.78 is 5.18. The van der Waals surface area contributed by atoms with Crippen molar-refractivity contribution in [3.8, 4) is 5.75 Å². The number of carboxylic acids is 1. The van der Waals surface area contributed by atoms with Gasteiger partial charge in [-0.15, -0.1) is 11.8 Å². The van der Waals surface area contributed by atoms with E-state index in [1.54, 1.807) is 35.9 Å². The van der Waals surface area contributed by atoms with Crippen molar-refractivity contribution >= 4 is 29.3 Å². The van der Waals surface area contributed by atoms with E-state index >= 15 is 0 Å². The number of carbonyl (C=O) groups is 2. The smallest absolute Gasteiger partial charge is 0.335 e. The zero-order chi connectivity index (χ0) is 17.3. The second kappa shape index (κ2) is 6.57. The van der Waals surface area contributed by atoms with Crippen LogP contribution in [0.1, 0.15) is 28.2 Å². The summed E-state index contributed by atoms with van der Waals surface area (Å²) in [5.41, 5.74) is 1.73. The molecular formula is C18H17NO4S. The molecular weight excluding hydrogens is 326 g/mol.